The summed E-state index contributed by atoms with van der Waals surface area (Å²) in [5, 5.41) is 6.35. The Morgan fingerprint density at radius 2 is 0.964 bits per heavy atom. The summed E-state index contributed by atoms with van der Waals surface area (Å²) in [5.74, 6) is 0.580. The summed E-state index contributed by atoms with van der Waals surface area (Å²) < 4.78 is 0. The molecule has 2 aromatic carbocycles. The van der Waals surface area contributed by atoms with Crippen LogP contribution in [0.5, 0.6) is 0 Å². The van der Waals surface area contributed by atoms with Gasteiger partial charge in [0.15, 0.2) is 0 Å². The number of hydrogen-bond donors (Lipinski definition) is 2. The number of carbonyl (C=O) groups is 2. The summed E-state index contributed by atoms with van der Waals surface area (Å²) in [5.41, 5.74) is 1.27. The second kappa shape index (κ2) is 10.6. The number of hydrogen-bond acceptors (Lipinski definition) is 2. The average molecular weight is 381 g/mol. The van der Waals surface area contributed by atoms with Gasteiger partial charge in [0.1, 0.15) is 0 Å². The zero-order valence-electron chi connectivity index (χ0n) is 17.3. The highest BCUT2D eigenvalue weighted by Gasteiger charge is 2.27. The monoisotopic (exact) mass is 380 g/mol. The van der Waals surface area contributed by atoms with Crippen LogP contribution in [0.15, 0.2) is 60.7 Å². The van der Waals surface area contributed by atoms with E-state index < -0.39 is 0 Å². The molecule has 0 saturated carbocycles. The van der Waals surface area contributed by atoms with Gasteiger partial charge in [0, 0.05) is 23.2 Å². The number of benzene rings is 2. The molecule has 4 heteroatoms. The second-order valence-corrected chi connectivity index (χ2v) is 8.15. The quantitative estimate of drug-likeness (QED) is 0.664. The minimum atomic E-state index is -0.136. The van der Waals surface area contributed by atoms with E-state index >= 15 is 0 Å². The lowest BCUT2D eigenvalue weighted by Gasteiger charge is -2.31. The van der Waals surface area contributed by atoms with Gasteiger partial charge in [-0.1, -0.05) is 64.1 Å². The Morgan fingerprint density at radius 1 is 0.643 bits per heavy atom. The summed E-state index contributed by atoms with van der Waals surface area (Å²) in [4.78, 5) is 25.5. The molecule has 0 aliphatic heterocycles. The zero-order valence-corrected chi connectivity index (χ0v) is 17.3. The SMILES string of the molecule is CC(C)C[C@H](NC(=O)c1ccccc1)[C@@H](CC(C)C)NC(=O)c1ccccc1. The van der Waals surface area contributed by atoms with Crippen molar-refractivity contribution in [1.29, 1.82) is 0 Å². The Kier molecular flexibility index (Phi) is 8.24. The fourth-order valence-corrected chi connectivity index (χ4v) is 3.35. The van der Waals surface area contributed by atoms with Crippen molar-refractivity contribution in [3.8, 4) is 0 Å². The lowest BCUT2D eigenvalue weighted by atomic mass is 9.91. The van der Waals surface area contributed by atoms with Gasteiger partial charge in [-0.05, 0) is 48.9 Å². The van der Waals surface area contributed by atoms with Crippen LogP contribution in [0, 0.1) is 11.8 Å². The number of rotatable bonds is 9. The van der Waals surface area contributed by atoms with Crippen molar-refractivity contribution in [2.45, 2.75) is 52.6 Å². The maximum atomic E-state index is 12.8. The first-order valence-electron chi connectivity index (χ1n) is 10.1. The summed E-state index contributed by atoms with van der Waals surface area (Å²) >= 11 is 0. The molecule has 150 valence electrons. The van der Waals surface area contributed by atoms with Crippen molar-refractivity contribution >= 4 is 11.8 Å². The number of amides is 2. The molecule has 28 heavy (non-hydrogen) atoms. The number of nitrogens with one attached hydrogen (secondary N) is 2. The van der Waals surface area contributed by atoms with E-state index in [0.29, 0.717) is 23.0 Å². The van der Waals surface area contributed by atoms with Crippen molar-refractivity contribution < 1.29 is 9.59 Å². The van der Waals surface area contributed by atoms with Gasteiger partial charge in [0.2, 0.25) is 0 Å². The molecule has 0 aliphatic carbocycles. The molecular formula is C24H32N2O2. The van der Waals surface area contributed by atoms with Gasteiger partial charge < -0.3 is 10.6 Å². The van der Waals surface area contributed by atoms with E-state index in [9.17, 15) is 9.59 Å². The third-order valence-electron chi connectivity index (χ3n) is 4.64. The van der Waals surface area contributed by atoms with E-state index in [2.05, 4.69) is 38.3 Å². The normalized spacial score (nSPS) is 13.2. The maximum Gasteiger partial charge on any atom is 0.251 e. The van der Waals surface area contributed by atoms with E-state index in [1.165, 1.54) is 0 Å². The fraction of sp³-hybridized carbons (Fsp3) is 0.417. The van der Waals surface area contributed by atoms with Gasteiger partial charge in [-0.15, -0.1) is 0 Å². The van der Waals surface area contributed by atoms with Gasteiger partial charge in [-0.25, -0.2) is 0 Å². The Morgan fingerprint density at radius 3 is 1.25 bits per heavy atom. The molecule has 0 bridgehead atoms. The molecule has 0 saturated heterocycles. The molecule has 0 radical (unpaired) electrons. The number of carbonyl (C=O) groups excluding carboxylic acids is 2. The van der Waals surface area contributed by atoms with Gasteiger partial charge in [-0.3, -0.25) is 9.59 Å². The van der Waals surface area contributed by atoms with E-state index in [0.717, 1.165) is 12.8 Å². The highest BCUT2D eigenvalue weighted by molar-refractivity contribution is 5.95. The van der Waals surface area contributed by atoms with Crippen molar-refractivity contribution in [1.82, 2.24) is 10.6 Å². The van der Waals surface area contributed by atoms with Gasteiger partial charge >= 0.3 is 0 Å². The zero-order chi connectivity index (χ0) is 20.5. The summed E-state index contributed by atoms with van der Waals surface area (Å²) in [7, 11) is 0. The average Bonchev–Trinajstić information content (AvgIpc) is 2.67. The van der Waals surface area contributed by atoms with Crippen molar-refractivity contribution in [2.75, 3.05) is 0 Å². The Bertz CT molecular complexity index is 676. The van der Waals surface area contributed by atoms with Crippen molar-refractivity contribution in [3.63, 3.8) is 0 Å². The predicted octanol–water partition coefficient (Wildman–Crippen LogP) is 4.68. The van der Waals surface area contributed by atoms with E-state index in [1.807, 2.05) is 60.7 Å². The van der Waals surface area contributed by atoms with Crippen LogP contribution in [0.25, 0.3) is 0 Å². The smallest absolute Gasteiger partial charge is 0.251 e. The fourth-order valence-electron chi connectivity index (χ4n) is 3.35. The molecule has 4 nitrogen and oxygen atoms in total. The third kappa shape index (κ3) is 6.84. The van der Waals surface area contributed by atoms with Gasteiger partial charge in [0.25, 0.3) is 11.8 Å². The predicted molar refractivity (Wildman–Crippen MR) is 114 cm³/mol. The maximum absolute atomic E-state index is 12.8. The Hall–Kier alpha value is -2.62. The van der Waals surface area contributed by atoms with E-state index in [1.54, 1.807) is 0 Å². The van der Waals surface area contributed by atoms with Crippen LogP contribution in [-0.2, 0) is 0 Å². The molecule has 0 aromatic heterocycles. The molecule has 2 rings (SSSR count). The molecule has 2 amide bonds. The standard InChI is InChI=1S/C24H32N2O2/c1-17(2)15-21(25-23(27)19-11-7-5-8-12-19)22(16-18(3)4)26-24(28)20-13-9-6-10-14-20/h5-14,17-18,21-22H,15-16H2,1-4H3,(H,25,27)(H,26,28)/t21-,22+. The third-order valence-corrected chi connectivity index (χ3v) is 4.64. The van der Waals surface area contributed by atoms with Crippen LogP contribution >= 0.6 is 0 Å². The minimum Gasteiger partial charge on any atom is -0.347 e. The molecule has 2 N–H and O–H groups in total. The second-order valence-electron chi connectivity index (χ2n) is 8.15. The molecule has 0 fully saturated rings. The Labute approximate surface area is 168 Å². The van der Waals surface area contributed by atoms with Crippen molar-refractivity contribution in [2.24, 2.45) is 11.8 Å². The highest BCUT2D eigenvalue weighted by atomic mass is 16.2. The first-order chi connectivity index (χ1) is 13.4. The first kappa shape index (κ1) is 21.7. The topological polar surface area (TPSA) is 58.2 Å². The molecule has 2 atom stereocenters. The summed E-state index contributed by atoms with van der Waals surface area (Å²) in [6, 6.07) is 18.2. The van der Waals surface area contributed by atoms with Crippen LogP contribution in [-0.4, -0.2) is 23.9 Å². The first-order valence-corrected chi connectivity index (χ1v) is 10.1. The minimum absolute atomic E-state index is 0.103. The Balaban J connectivity index is 2.20. The summed E-state index contributed by atoms with van der Waals surface area (Å²) in [6.45, 7) is 8.53. The molecule has 0 spiro atoms. The van der Waals surface area contributed by atoms with Crippen molar-refractivity contribution in [3.05, 3.63) is 71.8 Å². The van der Waals surface area contributed by atoms with Gasteiger partial charge in [-0.2, -0.15) is 0 Å². The van der Waals surface area contributed by atoms with Crippen LogP contribution < -0.4 is 10.6 Å². The lowest BCUT2D eigenvalue weighted by Crippen LogP contribution is -2.52. The van der Waals surface area contributed by atoms with Crippen LogP contribution in [0.2, 0.25) is 0 Å². The van der Waals surface area contributed by atoms with E-state index in [-0.39, 0.29) is 23.9 Å². The molecule has 0 heterocycles. The summed E-state index contributed by atoms with van der Waals surface area (Å²) in [6.07, 6.45) is 1.59. The largest absolute Gasteiger partial charge is 0.347 e. The lowest BCUT2D eigenvalue weighted by molar-refractivity contribution is 0.0866. The molecule has 0 aliphatic rings. The molecular weight excluding hydrogens is 348 g/mol. The molecule has 0 unspecified atom stereocenters. The van der Waals surface area contributed by atoms with Gasteiger partial charge in [0.05, 0.1) is 0 Å². The molecule has 2 aromatic rings. The van der Waals surface area contributed by atoms with Crippen LogP contribution in [0.4, 0.5) is 0 Å². The van der Waals surface area contributed by atoms with Crippen LogP contribution in [0.1, 0.15) is 61.3 Å². The highest BCUT2D eigenvalue weighted by Crippen LogP contribution is 2.17. The van der Waals surface area contributed by atoms with E-state index in [4.69, 9.17) is 0 Å². The van der Waals surface area contributed by atoms with Crippen LogP contribution in [0.3, 0.4) is 0 Å².